The summed E-state index contributed by atoms with van der Waals surface area (Å²) in [4.78, 5) is 11.9. The Kier molecular flexibility index (Phi) is 1.65. The third-order valence-electron chi connectivity index (χ3n) is 4.26. The fourth-order valence-corrected chi connectivity index (χ4v) is 3.65. The molecule has 4 fully saturated rings. The van der Waals surface area contributed by atoms with Crippen molar-refractivity contribution < 1.29 is 14.6 Å². The molecule has 0 aliphatic heterocycles. The molecule has 15 heavy (non-hydrogen) atoms. The molecule has 4 aliphatic carbocycles. The van der Waals surface area contributed by atoms with Gasteiger partial charge in [0.15, 0.2) is 0 Å². The molecule has 0 aromatic carbocycles. The van der Waals surface area contributed by atoms with Gasteiger partial charge in [0.25, 0.3) is 0 Å². The van der Waals surface area contributed by atoms with E-state index in [1.807, 2.05) is 13.8 Å². The molecular weight excluding hydrogens is 192 g/mol. The monoisotopic (exact) mass is 210 g/mol. The SMILES string of the molecule is CC(C)OC(=O)C12CC(O)(C1)[C@H]2C1CC1. The Hall–Kier alpha value is -0.570. The number of esters is 1. The summed E-state index contributed by atoms with van der Waals surface area (Å²) >= 11 is 0. The summed E-state index contributed by atoms with van der Waals surface area (Å²) in [6.45, 7) is 3.76. The number of hydrogen-bond donors (Lipinski definition) is 1. The third-order valence-corrected chi connectivity index (χ3v) is 4.26. The molecule has 3 heteroatoms. The van der Waals surface area contributed by atoms with E-state index in [9.17, 15) is 9.90 Å². The number of ether oxygens (including phenoxy) is 1. The second kappa shape index (κ2) is 2.57. The van der Waals surface area contributed by atoms with Crippen molar-refractivity contribution in [1.82, 2.24) is 0 Å². The lowest BCUT2D eigenvalue weighted by Gasteiger charge is -2.72. The van der Waals surface area contributed by atoms with Gasteiger partial charge in [0.1, 0.15) is 0 Å². The fraction of sp³-hybridized carbons (Fsp3) is 0.917. The maximum atomic E-state index is 11.9. The average Bonchev–Trinajstić information content (AvgIpc) is 2.80. The highest BCUT2D eigenvalue weighted by Gasteiger charge is 2.81. The van der Waals surface area contributed by atoms with Crippen molar-refractivity contribution in [1.29, 1.82) is 0 Å². The first kappa shape index (κ1) is 9.64. The van der Waals surface area contributed by atoms with Crippen molar-refractivity contribution in [3.63, 3.8) is 0 Å². The van der Waals surface area contributed by atoms with Crippen LogP contribution in [-0.4, -0.2) is 22.8 Å². The second-order valence-electron chi connectivity index (χ2n) is 5.88. The Morgan fingerprint density at radius 2 is 2.00 bits per heavy atom. The van der Waals surface area contributed by atoms with Crippen LogP contribution in [0, 0.1) is 17.3 Å². The van der Waals surface area contributed by atoms with E-state index in [-0.39, 0.29) is 23.4 Å². The fourth-order valence-electron chi connectivity index (χ4n) is 3.65. The highest BCUT2D eigenvalue weighted by atomic mass is 16.5. The third kappa shape index (κ3) is 1.07. The Labute approximate surface area is 89.8 Å². The van der Waals surface area contributed by atoms with Gasteiger partial charge < -0.3 is 9.84 Å². The van der Waals surface area contributed by atoms with Crippen LogP contribution in [0.3, 0.4) is 0 Å². The zero-order valence-electron chi connectivity index (χ0n) is 9.32. The van der Waals surface area contributed by atoms with Crippen LogP contribution in [0.1, 0.15) is 39.5 Å². The summed E-state index contributed by atoms with van der Waals surface area (Å²) in [7, 11) is 0. The van der Waals surface area contributed by atoms with E-state index in [2.05, 4.69) is 0 Å². The zero-order valence-corrected chi connectivity index (χ0v) is 9.32. The molecule has 4 aliphatic rings. The van der Waals surface area contributed by atoms with Crippen molar-refractivity contribution in [3.8, 4) is 0 Å². The van der Waals surface area contributed by atoms with E-state index in [4.69, 9.17) is 4.74 Å². The van der Waals surface area contributed by atoms with E-state index in [0.717, 1.165) is 0 Å². The molecule has 4 rings (SSSR count). The first-order chi connectivity index (χ1) is 6.98. The van der Waals surface area contributed by atoms with E-state index in [1.54, 1.807) is 0 Å². The van der Waals surface area contributed by atoms with E-state index in [0.29, 0.717) is 18.8 Å². The molecule has 0 radical (unpaired) electrons. The van der Waals surface area contributed by atoms with Gasteiger partial charge >= 0.3 is 5.97 Å². The van der Waals surface area contributed by atoms with E-state index >= 15 is 0 Å². The first-order valence-electron chi connectivity index (χ1n) is 5.91. The van der Waals surface area contributed by atoms with Gasteiger partial charge in [-0.25, -0.2) is 0 Å². The molecule has 0 aromatic heterocycles. The van der Waals surface area contributed by atoms with Crippen LogP contribution in [0.4, 0.5) is 0 Å². The molecule has 4 saturated carbocycles. The van der Waals surface area contributed by atoms with Crippen molar-refractivity contribution in [2.75, 3.05) is 0 Å². The highest BCUT2D eigenvalue weighted by molar-refractivity contribution is 5.83. The molecule has 1 N–H and O–H groups in total. The quantitative estimate of drug-likeness (QED) is 0.718. The van der Waals surface area contributed by atoms with Gasteiger partial charge in [0.2, 0.25) is 0 Å². The summed E-state index contributed by atoms with van der Waals surface area (Å²) < 4.78 is 5.30. The normalized spacial score (nSPS) is 47.1. The summed E-state index contributed by atoms with van der Waals surface area (Å²) in [6, 6.07) is 0. The molecule has 2 bridgehead atoms. The van der Waals surface area contributed by atoms with Crippen LogP contribution < -0.4 is 0 Å². The second-order valence-corrected chi connectivity index (χ2v) is 5.88. The predicted molar refractivity (Wildman–Crippen MR) is 54.1 cm³/mol. The number of carbonyl (C=O) groups excluding carboxylic acids is 1. The summed E-state index contributed by atoms with van der Waals surface area (Å²) in [5, 5.41) is 10.1. The molecule has 3 nitrogen and oxygen atoms in total. The van der Waals surface area contributed by atoms with Crippen molar-refractivity contribution in [2.24, 2.45) is 17.3 Å². The number of rotatable bonds is 3. The van der Waals surface area contributed by atoms with Gasteiger partial charge in [-0.1, -0.05) is 0 Å². The van der Waals surface area contributed by atoms with Crippen LogP contribution in [0.25, 0.3) is 0 Å². The summed E-state index contributed by atoms with van der Waals surface area (Å²) in [5.74, 6) is 0.749. The zero-order chi connectivity index (χ0) is 10.8. The van der Waals surface area contributed by atoms with Gasteiger partial charge in [-0.05, 0) is 45.4 Å². The lowest BCUT2D eigenvalue weighted by Crippen LogP contribution is -2.79. The molecule has 0 spiro atoms. The summed E-state index contributed by atoms with van der Waals surface area (Å²) in [6.07, 6.45) is 3.62. The molecule has 84 valence electrons. The minimum Gasteiger partial charge on any atom is -0.463 e. The minimum atomic E-state index is -0.503. The Balaban J connectivity index is 1.73. The Morgan fingerprint density at radius 3 is 2.40 bits per heavy atom. The lowest BCUT2D eigenvalue weighted by molar-refractivity contribution is -0.321. The first-order valence-corrected chi connectivity index (χ1v) is 5.91. The Bertz CT molecular complexity index is 311. The minimum absolute atomic E-state index is 0.0407. The summed E-state index contributed by atoms with van der Waals surface area (Å²) in [5.41, 5.74) is -0.794. The smallest absolute Gasteiger partial charge is 0.312 e. The van der Waals surface area contributed by atoms with Crippen molar-refractivity contribution >= 4 is 5.97 Å². The maximum absolute atomic E-state index is 11.9. The van der Waals surface area contributed by atoms with Gasteiger partial charge in [0.05, 0.1) is 17.1 Å². The van der Waals surface area contributed by atoms with Crippen LogP contribution in [0.2, 0.25) is 0 Å². The molecule has 0 heterocycles. The number of carbonyl (C=O) groups is 1. The predicted octanol–water partition coefficient (Wildman–Crippen LogP) is 1.49. The average molecular weight is 210 g/mol. The van der Waals surface area contributed by atoms with E-state index in [1.165, 1.54) is 12.8 Å². The van der Waals surface area contributed by atoms with Crippen molar-refractivity contribution in [3.05, 3.63) is 0 Å². The lowest BCUT2D eigenvalue weighted by atomic mass is 9.33. The molecular formula is C12H18O3. The largest absolute Gasteiger partial charge is 0.463 e. The molecule has 0 aromatic rings. The van der Waals surface area contributed by atoms with Crippen molar-refractivity contribution in [2.45, 2.75) is 51.2 Å². The van der Waals surface area contributed by atoms with Gasteiger partial charge in [-0.3, -0.25) is 4.79 Å². The maximum Gasteiger partial charge on any atom is 0.312 e. The molecule has 1 atom stereocenters. The molecule has 0 saturated heterocycles. The Morgan fingerprint density at radius 1 is 1.40 bits per heavy atom. The standard InChI is InChI=1S/C12H18O3/c1-7(2)15-10(13)11-5-12(14,6-11)9(11)8-3-4-8/h7-9,14H,3-6H2,1-2H3/t9-,11?,12?/m0/s1. The van der Waals surface area contributed by atoms with Gasteiger partial charge in [0, 0.05) is 5.92 Å². The number of hydrogen-bond acceptors (Lipinski definition) is 3. The van der Waals surface area contributed by atoms with Gasteiger partial charge in [-0.2, -0.15) is 0 Å². The van der Waals surface area contributed by atoms with Crippen LogP contribution >= 0.6 is 0 Å². The molecule has 0 unspecified atom stereocenters. The van der Waals surface area contributed by atoms with Crippen LogP contribution in [-0.2, 0) is 9.53 Å². The van der Waals surface area contributed by atoms with Crippen LogP contribution in [0.15, 0.2) is 0 Å². The van der Waals surface area contributed by atoms with E-state index < -0.39 is 5.60 Å². The van der Waals surface area contributed by atoms with Crippen LogP contribution in [0.5, 0.6) is 0 Å². The highest BCUT2D eigenvalue weighted by Crippen LogP contribution is 2.76. The number of aliphatic hydroxyl groups is 1. The van der Waals surface area contributed by atoms with Gasteiger partial charge in [-0.15, -0.1) is 0 Å². The molecule has 0 amide bonds. The topological polar surface area (TPSA) is 46.5 Å².